The van der Waals surface area contributed by atoms with Crippen LogP contribution in [0.4, 0.5) is 5.69 Å². The summed E-state index contributed by atoms with van der Waals surface area (Å²) in [6.45, 7) is 0.806. The van der Waals surface area contributed by atoms with Crippen LogP contribution in [0.3, 0.4) is 0 Å². The van der Waals surface area contributed by atoms with Gasteiger partial charge in [-0.1, -0.05) is 46.3 Å². The van der Waals surface area contributed by atoms with Crippen molar-refractivity contribution in [3.63, 3.8) is 0 Å². The van der Waals surface area contributed by atoms with Gasteiger partial charge in [-0.3, -0.25) is 0 Å². The van der Waals surface area contributed by atoms with Crippen LogP contribution in [0.5, 0.6) is 5.75 Å². The average Bonchev–Trinajstić information content (AvgIpc) is 2.37. The largest absolute Gasteiger partial charge is 0.497 e. The maximum absolute atomic E-state index is 5.22. The second-order valence-corrected chi connectivity index (χ2v) is 4.63. The van der Waals surface area contributed by atoms with E-state index >= 15 is 0 Å². The minimum atomic E-state index is 0.806. The Morgan fingerprint density at radius 2 is 1.88 bits per heavy atom. The van der Waals surface area contributed by atoms with Gasteiger partial charge in [-0.05, 0) is 17.7 Å². The second-order valence-electron chi connectivity index (χ2n) is 3.72. The number of hydrogen-bond donors (Lipinski definition) is 1. The molecule has 0 aliphatic rings. The maximum Gasteiger partial charge on any atom is 0.122 e. The van der Waals surface area contributed by atoms with Crippen molar-refractivity contribution in [2.24, 2.45) is 0 Å². The van der Waals surface area contributed by atoms with Crippen LogP contribution in [-0.2, 0) is 6.54 Å². The van der Waals surface area contributed by atoms with Crippen molar-refractivity contribution in [1.82, 2.24) is 0 Å². The molecule has 0 radical (unpaired) electrons. The molecule has 0 unspecified atom stereocenters. The Bertz CT molecular complexity index is 485. The fourth-order valence-electron chi connectivity index (χ4n) is 1.58. The average molecular weight is 292 g/mol. The number of rotatable bonds is 4. The lowest BCUT2D eigenvalue weighted by Gasteiger charge is -2.09. The molecule has 2 aromatic carbocycles. The van der Waals surface area contributed by atoms with Crippen molar-refractivity contribution >= 4 is 21.6 Å². The van der Waals surface area contributed by atoms with Crippen molar-refractivity contribution < 1.29 is 4.74 Å². The van der Waals surface area contributed by atoms with Crippen LogP contribution in [-0.4, -0.2) is 7.11 Å². The summed E-state index contributed by atoms with van der Waals surface area (Å²) in [7, 11) is 1.67. The first-order chi connectivity index (χ1) is 8.28. The Morgan fingerprint density at radius 1 is 1.12 bits per heavy atom. The van der Waals surface area contributed by atoms with Crippen LogP contribution in [0, 0.1) is 0 Å². The van der Waals surface area contributed by atoms with Gasteiger partial charge in [0.15, 0.2) is 0 Å². The highest BCUT2D eigenvalue weighted by Crippen LogP contribution is 2.24. The lowest BCUT2D eigenvalue weighted by Crippen LogP contribution is -1.99. The van der Waals surface area contributed by atoms with Crippen molar-refractivity contribution in [2.75, 3.05) is 12.4 Å². The van der Waals surface area contributed by atoms with E-state index in [0.29, 0.717) is 0 Å². The van der Waals surface area contributed by atoms with E-state index < -0.39 is 0 Å². The molecule has 0 aliphatic heterocycles. The van der Waals surface area contributed by atoms with Gasteiger partial charge >= 0.3 is 0 Å². The van der Waals surface area contributed by atoms with Gasteiger partial charge in [-0.15, -0.1) is 0 Å². The van der Waals surface area contributed by atoms with Crippen molar-refractivity contribution in [3.8, 4) is 5.75 Å². The first-order valence-corrected chi connectivity index (χ1v) is 6.19. The van der Waals surface area contributed by atoms with Crippen LogP contribution in [0.25, 0.3) is 0 Å². The molecule has 0 aromatic heterocycles. The van der Waals surface area contributed by atoms with E-state index in [-0.39, 0.29) is 0 Å². The molecule has 3 heteroatoms. The van der Waals surface area contributed by atoms with Gasteiger partial charge in [0.05, 0.1) is 7.11 Å². The number of ether oxygens (including phenoxy) is 1. The molecule has 0 heterocycles. The minimum Gasteiger partial charge on any atom is -0.497 e. The van der Waals surface area contributed by atoms with Gasteiger partial charge in [-0.25, -0.2) is 0 Å². The maximum atomic E-state index is 5.22. The summed E-state index contributed by atoms with van der Waals surface area (Å²) in [4.78, 5) is 0. The number of benzene rings is 2. The van der Waals surface area contributed by atoms with Gasteiger partial charge < -0.3 is 10.1 Å². The molecule has 2 nitrogen and oxygen atoms in total. The van der Waals surface area contributed by atoms with Gasteiger partial charge in [0, 0.05) is 22.8 Å². The molecule has 0 fully saturated rings. The van der Waals surface area contributed by atoms with Crippen LogP contribution in [0.15, 0.2) is 53.0 Å². The minimum absolute atomic E-state index is 0.806. The van der Waals surface area contributed by atoms with Gasteiger partial charge in [0.1, 0.15) is 5.75 Å². The Balaban J connectivity index is 2.06. The van der Waals surface area contributed by atoms with E-state index in [4.69, 9.17) is 4.74 Å². The highest BCUT2D eigenvalue weighted by molar-refractivity contribution is 9.10. The normalized spacial score (nSPS) is 10.0. The molecule has 0 saturated heterocycles. The fraction of sp³-hybridized carbons (Fsp3) is 0.143. The SMILES string of the molecule is COc1cc(Br)cc(NCc2ccccc2)c1. The van der Waals surface area contributed by atoms with Gasteiger partial charge in [0.2, 0.25) is 0 Å². The van der Waals surface area contributed by atoms with Crippen LogP contribution in [0.2, 0.25) is 0 Å². The number of nitrogens with one attached hydrogen (secondary N) is 1. The third kappa shape index (κ3) is 3.49. The Labute approximate surface area is 110 Å². The fourth-order valence-corrected chi connectivity index (χ4v) is 2.05. The predicted molar refractivity (Wildman–Crippen MR) is 74.5 cm³/mol. The van der Waals surface area contributed by atoms with Crippen molar-refractivity contribution in [2.45, 2.75) is 6.54 Å². The summed E-state index contributed by atoms with van der Waals surface area (Å²) in [5.74, 6) is 0.843. The van der Waals surface area contributed by atoms with E-state index in [2.05, 4.69) is 33.4 Å². The van der Waals surface area contributed by atoms with E-state index in [1.54, 1.807) is 7.11 Å². The summed E-state index contributed by atoms with van der Waals surface area (Å²) in [6, 6.07) is 16.2. The standard InChI is InChI=1S/C14H14BrNO/c1-17-14-8-12(15)7-13(9-14)16-10-11-5-3-2-4-6-11/h2-9,16H,10H2,1H3. The monoisotopic (exact) mass is 291 g/mol. The Hall–Kier alpha value is -1.48. The zero-order valence-electron chi connectivity index (χ0n) is 9.61. The Morgan fingerprint density at radius 3 is 2.59 bits per heavy atom. The van der Waals surface area contributed by atoms with Crippen LogP contribution < -0.4 is 10.1 Å². The smallest absolute Gasteiger partial charge is 0.122 e. The lowest BCUT2D eigenvalue weighted by atomic mass is 10.2. The van der Waals surface area contributed by atoms with E-state index in [1.165, 1.54) is 5.56 Å². The molecule has 0 saturated carbocycles. The Kier molecular flexibility index (Phi) is 4.04. The molecule has 0 atom stereocenters. The topological polar surface area (TPSA) is 21.3 Å². The summed E-state index contributed by atoms with van der Waals surface area (Å²) >= 11 is 3.46. The molecular formula is C14H14BrNO. The lowest BCUT2D eigenvalue weighted by molar-refractivity contribution is 0.414. The summed E-state index contributed by atoms with van der Waals surface area (Å²) in [5.41, 5.74) is 2.30. The summed E-state index contributed by atoms with van der Waals surface area (Å²) < 4.78 is 6.22. The van der Waals surface area contributed by atoms with Gasteiger partial charge in [0.25, 0.3) is 0 Å². The van der Waals surface area contributed by atoms with E-state index in [1.807, 2.05) is 36.4 Å². The van der Waals surface area contributed by atoms with E-state index in [0.717, 1.165) is 22.5 Å². The number of methoxy groups -OCH3 is 1. The molecule has 2 aromatic rings. The third-order valence-corrected chi connectivity index (χ3v) is 2.90. The molecule has 0 amide bonds. The molecule has 2 rings (SSSR count). The van der Waals surface area contributed by atoms with Crippen LogP contribution in [0.1, 0.15) is 5.56 Å². The number of hydrogen-bond acceptors (Lipinski definition) is 2. The quantitative estimate of drug-likeness (QED) is 0.917. The zero-order valence-corrected chi connectivity index (χ0v) is 11.2. The first-order valence-electron chi connectivity index (χ1n) is 5.40. The van der Waals surface area contributed by atoms with Crippen molar-refractivity contribution in [1.29, 1.82) is 0 Å². The molecular weight excluding hydrogens is 278 g/mol. The highest BCUT2D eigenvalue weighted by atomic mass is 79.9. The molecule has 1 N–H and O–H groups in total. The third-order valence-electron chi connectivity index (χ3n) is 2.45. The van der Waals surface area contributed by atoms with Gasteiger partial charge in [-0.2, -0.15) is 0 Å². The molecule has 0 bridgehead atoms. The zero-order chi connectivity index (χ0) is 12.1. The number of anilines is 1. The molecule has 17 heavy (non-hydrogen) atoms. The molecule has 88 valence electrons. The van der Waals surface area contributed by atoms with E-state index in [9.17, 15) is 0 Å². The highest BCUT2D eigenvalue weighted by Gasteiger charge is 1.99. The summed E-state index contributed by atoms with van der Waals surface area (Å²) in [6.07, 6.45) is 0. The summed E-state index contributed by atoms with van der Waals surface area (Å²) in [5, 5.41) is 3.37. The molecule has 0 spiro atoms. The molecule has 0 aliphatic carbocycles. The first kappa shape index (κ1) is 12.0. The second kappa shape index (κ2) is 5.73. The predicted octanol–water partition coefficient (Wildman–Crippen LogP) is 4.07. The number of halogens is 1. The van der Waals surface area contributed by atoms with Crippen LogP contribution >= 0.6 is 15.9 Å². The van der Waals surface area contributed by atoms with Crippen molar-refractivity contribution in [3.05, 3.63) is 58.6 Å².